The van der Waals surface area contributed by atoms with Gasteiger partial charge in [0.1, 0.15) is 11.6 Å². The number of hydrogen-bond donors (Lipinski definition) is 3. The molecule has 0 bridgehead atoms. The summed E-state index contributed by atoms with van der Waals surface area (Å²) >= 11 is 0. The Kier molecular flexibility index (Phi) is 2.23. The maximum atomic E-state index is 13.1. The number of nitrogen functional groups attached to an aromatic ring is 1. The summed E-state index contributed by atoms with van der Waals surface area (Å²) in [5, 5.41) is 10.3. The highest BCUT2D eigenvalue weighted by atomic mass is 19.1. The lowest BCUT2D eigenvalue weighted by Gasteiger charge is -2.03. The van der Waals surface area contributed by atoms with Gasteiger partial charge in [-0.3, -0.25) is 0 Å². The van der Waals surface area contributed by atoms with E-state index in [0.717, 1.165) is 22.0 Å². The van der Waals surface area contributed by atoms with Crippen molar-refractivity contribution < 1.29 is 9.50 Å². The maximum absolute atomic E-state index is 13.1. The van der Waals surface area contributed by atoms with E-state index < -0.39 is 0 Å². The first-order chi connectivity index (χ1) is 8.65. The van der Waals surface area contributed by atoms with E-state index in [0.29, 0.717) is 5.69 Å². The SMILES string of the molecule is Nc1cc(-c2c[nH]c3cc(F)ccc23)ccc1O. The van der Waals surface area contributed by atoms with Crippen LogP contribution in [0, 0.1) is 5.82 Å². The minimum Gasteiger partial charge on any atom is -0.506 e. The van der Waals surface area contributed by atoms with Crippen LogP contribution < -0.4 is 5.73 Å². The Morgan fingerprint density at radius 1 is 1.11 bits per heavy atom. The molecule has 2 aromatic carbocycles. The molecule has 3 rings (SSSR count). The summed E-state index contributed by atoms with van der Waals surface area (Å²) in [6, 6.07) is 9.61. The van der Waals surface area contributed by atoms with Crippen LogP contribution in [0.1, 0.15) is 0 Å². The van der Waals surface area contributed by atoms with Gasteiger partial charge >= 0.3 is 0 Å². The van der Waals surface area contributed by atoms with Crippen LogP contribution in [0.25, 0.3) is 22.0 Å². The lowest BCUT2D eigenvalue weighted by atomic mass is 10.0. The molecule has 1 aromatic heterocycles. The summed E-state index contributed by atoms with van der Waals surface area (Å²) in [5.41, 5.74) is 8.54. The first-order valence-corrected chi connectivity index (χ1v) is 5.50. The third kappa shape index (κ3) is 1.59. The highest BCUT2D eigenvalue weighted by molar-refractivity contribution is 5.96. The zero-order valence-electron chi connectivity index (χ0n) is 9.44. The number of aromatic nitrogens is 1. The highest BCUT2D eigenvalue weighted by Gasteiger charge is 2.08. The Bertz CT molecular complexity index is 734. The van der Waals surface area contributed by atoms with Gasteiger partial charge in [0.05, 0.1) is 5.69 Å². The van der Waals surface area contributed by atoms with E-state index in [-0.39, 0.29) is 11.6 Å². The molecule has 0 aliphatic carbocycles. The van der Waals surface area contributed by atoms with Crippen molar-refractivity contribution in [1.29, 1.82) is 0 Å². The molecule has 4 N–H and O–H groups in total. The van der Waals surface area contributed by atoms with Crippen molar-refractivity contribution in [2.45, 2.75) is 0 Å². The summed E-state index contributed by atoms with van der Waals surface area (Å²) in [7, 11) is 0. The lowest BCUT2D eigenvalue weighted by Crippen LogP contribution is -1.86. The number of nitrogens with two attached hydrogens (primary N) is 1. The van der Waals surface area contributed by atoms with Gasteiger partial charge in [-0.1, -0.05) is 6.07 Å². The Morgan fingerprint density at radius 3 is 2.72 bits per heavy atom. The van der Waals surface area contributed by atoms with Crippen LogP contribution in [0.4, 0.5) is 10.1 Å². The molecule has 90 valence electrons. The number of phenols is 1. The molecule has 0 amide bonds. The Labute approximate surface area is 103 Å². The molecule has 3 aromatic rings. The van der Waals surface area contributed by atoms with E-state index in [1.807, 2.05) is 0 Å². The average Bonchev–Trinajstić information content (AvgIpc) is 2.75. The zero-order valence-corrected chi connectivity index (χ0v) is 9.44. The number of aromatic amines is 1. The van der Waals surface area contributed by atoms with Crippen LogP contribution in [-0.4, -0.2) is 10.1 Å². The minimum atomic E-state index is -0.277. The predicted octanol–water partition coefficient (Wildman–Crippen LogP) is 3.26. The molecule has 0 aliphatic rings. The number of aromatic hydroxyl groups is 1. The Balaban J connectivity index is 2.22. The number of fused-ring (bicyclic) bond motifs is 1. The summed E-state index contributed by atoms with van der Waals surface area (Å²) in [4.78, 5) is 3.02. The van der Waals surface area contributed by atoms with Gasteiger partial charge in [-0.15, -0.1) is 0 Å². The third-order valence-electron chi connectivity index (χ3n) is 2.98. The van der Waals surface area contributed by atoms with Gasteiger partial charge in [0.2, 0.25) is 0 Å². The van der Waals surface area contributed by atoms with Gasteiger partial charge in [-0.2, -0.15) is 0 Å². The lowest BCUT2D eigenvalue weighted by molar-refractivity contribution is 0.478. The number of phenolic OH excluding ortho intramolecular Hbond substituents is 1. The molecule has 0 spiro atoms. The summed E-state index contributed by atoms with van der Waals surface area (Å²) < 4.78 is 13.1. The molecule has 18 heavy (non-hydrogen) atoms. The number of nitrogens with one attached hydrogen (secondary N) is 1. The van der Waals surface area contributed by atoms with Crippen molar-refractivity contribution >= 4 is 16.6 Å². The molecule has 3 nitrogen and oxygen atoms in total. The van der Waals surface area contributed by atoms with Crippen molar-refractivity contribution in [1.82, 2.24) is 4.98 Å². The van der Waals surface area contributed by atoms with Gasteiger partial charge < -0.3 is 15.8 Å². The van der Waals surface area contributed by atoms with Gasteiger partial charge in [0.25, 0.3) is 0 Å². The minimum absolute atomic E-state index is 0.0598. The molecule has 0 saturated heterocycles. The first-order valence-electron chi connectivity index (χ1n) is 5.50. The van der Waals surface area contributed by atoms with Crippen LogP contribution in [0.5, 0.6) is 5.75 Å². The second kappa shape index (κ2) is 3.77. The van der Waals surface area contributed by atoms with Crippen LogP contribution in [0.2, 0.25) is 0 Å². The first kappa shape index (κ1) is 10.7. The Morgan fingerprint density at radius 2 is 1.94 bits per heavy atom. The average molecular weight is 242 g/mol. The van der Waals surface area contributed by atoms with E-state index in [1.54, 1.807) is 30.5 Å². The number of halogens is 1. The van der Waals surface area contributed by atoms with E-state index in [9.17, 15) is 9.50 Å². The number of benzene rings is 2. The van der Waals surface area contributed by atoms with Crippen molar-refractivity contribution in [3.63, 3.8) is 0 Å². The number of rotatable bonds is 1. The molecular formula is C14H11FN2O. The van der Waals surface area contributed by atoms with Gasteiger partial charge in [0.15, 0.2) is 0 Å². The predicted molar refractivity (Wildman–Crippen MR) is 69.8 cm³/mol. The second-order valence-corrected chi connectivity index (χ2v) is 4.17. The fourth-order valence-electron chi connectivity index (χ4n) is 2.06. The zero-order chi connectivity index (χ0) is 12.7. The highest BCUT2D eigenvalue weighted by Crippen LogP contribution is 2.32. The standard InChI is InChI=1S/C14H11FN2O/c15-9-2-3-10-11(7-17-13(10)6-9)8-1-4-14(18)12(16)5-8/h1-7,17-18H,16H2. The number of H-pyrrole nitrogens is 1. The summed E-state index contributed by atoms with van der Waals surface area (Å²) in [5.74, 6) is -0.217. The molecule has 0 saturated carbocycles. The van der Waals surface area contributed by atoms with Gasteiger partial charge in [0, 0.05) is 22.7 Å². The number of anilines is 1. The number of hydrogen-bond acceptors (Lipinski definition) is 2. The van der Waals surface area contributed by atoms with Crippen molar-refractivity contribution in [2.24, 2.45) is 0 Å². The fraction of sp³-hybridized carbons (Fsp3) is 0. The molecule has 0 unspecified atom stereocenters. The Hall–Kier alpha value is -2.49. The molecule has 0 fully saturated rings. The van der Waals surface area contributed by atoms with Crippen LogP contribution in [0.15, 0.2) is 42.6 Å². The van der Waals surface area contributed by atoms with Crippen LogP contribution in [-0.2, 0) is 0 Å². The van der Waals surface area contributed by atoms with E-state index >= 15 is 0 Å². The van der Waals surface area contributed by atoms with E-state index in [2.05, 4.69) is 4.98 Å². The largest absolute Gasteiger partial charge is 0.506 e. The van der Waals surface area contributed by atoms with Crippen molar-refractivity contribution in [3.05, 3.63) is 48.4 Å². The van der Waals surface area contributed by atoms with E-state index in [1.165, 1.54) is 12.1 Å². The molecule has 4 heteroatoms. The topological polar surface area (TPSA) is 62.0 Å². The normalized spacial score (nSPS) is 10.9. The smallest absolute Gasteiger partial charge is 0.138 e. The molecule has 0 radical (unpaired) electrons. The van der Waals surface area contributed by atoms with Crippen LogP contribution >= 0.6 is 0 Å². The molecule has 0 aliphatic heterocycles. The van der Waals surface area contributed by atoms with Gasteiger partial charge in [-0.05, 0) is 35.9 Å². The summed E-state index contributed by atoms with van der Waals surface area (Å²) in [6.07, 6.45) is 1.80. The molecule has 0 atom stereocenters. The molecular weight excluding hydrogens is 231 g/mol. The second-order valence-electron chi connectivity index (χ2n) is 4.17. The van der Waals surface area contributed by atoms with E-state index in [4.69, 9.17) is 5.73 Å². The monoisotopic (exact) mass is 242 g/mol. The van der Waals surface area contributed by atoms with Crippen molar-refractivity contribution in [2.75, 3.05) is 5.73 Å². The van der Waals surface area contributed by atoms with Gasteiger partial charge in [-0.25, -0.2) is 4.39 Å². The summed E-state index contributed by atoms with van der Waals surface area (Å²) in [6.45, 7) is 0. The molecule has 1 heterocycles. The fourth-order valence-corrected chi connectivity index (χ4v) is 2.06. The maximum Gasteiger partial charge on any atom is 0.138 e. The third-order valence-corrected chi connectivity index (χ3v) is 2.98. The van der Waals surface area contributed by atoms with Crippen LogP contribution in [0.3, 0.4) is 0 Å². The van der Waals surface area contributed by atoms with Crippen molar-refractivity contribution in [3.8, 4) is 16.9 Å². The quantitative estimate of drug-likeness (QED) is 0.453.